The van der Waals surface area contributed by atoms with Crippen LogP contribution in [0.25, 0.3) is 0 Å². The molecule has 1 fully saturated rings. The topological polar surface area (TPSA) is 72.9 Å². The van der Waals surface area contributed by atoms with Crippen molar-refractivity contribution in [3.8, 4) is 11.5 Å². The maximum Gasteiger partial charge on any atom is 0.233 e. The highest BCUT2D eigenvalue weighted by Crippen LogP contribution is 2.34. The first-order valence-electron chi connectivity index (χ1n) is 8.51. The molecular formula is C17H23NO5S2. The third-order valence-corrected chi connectivity index (χ3v) is 7.04. The van der Waals surface area contributed by atoms with E-state index >= 15 is 0 Å². The fourth-order valence-electron chi connectivity index (χ4n) is 3.11. The van der Waals surface area contributed by atoms with Crippen LogP contribution in [0.2, 0.25) is 0 Å². The van der Waals surface area contributed by atoms with Gasteiger partial charge in [0.15, 0.2) is 21.3 Å². The summed E-state index contributed by atoms with van der Waals surface area (Å²) in [5.74, 6) is 1.98. The molecule has 1 aromatic rings. The highest BCUT2D eigenvalue weighted by Gasteiger charge is 2.34. The number of hydrogen-bond acceptors (Lipinski definition) is 6. The molecule has 6 nitrogen and oxygen atoms in total. The molecule has 1 amide bonds. The van der Waals surface area contributed by atoms with Crippen molar-refractivity contribution < 1.29 is 22.7 Å². The molecule has 0 N–H and O–H groups in total. The monoisotopic (exact) mass is 385 g/mol. The van der Waals surface area contributed by atoms with Crippen molar-refractivity contribution in [2.24, 2.45) is 0 Å². The number of amides is 1. The molecule has 138 valence electrons. The highest BCUT2D eigenvalue weighted by atomic mass is 32.2. The van der Waals surface area contributed by atoms with Crippen LogP contribution in [0.4, 0.5) is 0 Å². The molecule has 0 aromatic heterocycles. The number of benzene rings is 1. The molecule has 1 atom stereocenters. The van der Waals surface area contributed by atoms with E-state index in [1.807, 2.05) is 25.1 Å². The van der Waals surface area contributed by atoms with Crippen molar-refractivity contribution in [3.63, 3.8) is 0 Å². The number of rotatable bonds is 6. The zero-order valence-corrected chi connectivity index (χ0v) is 15.9. The Hall–Kier alpha value is -1.41. The van der Waals surface area contributed by atoms with Crippen LogP contribution in [-0.2, 0) is 14.6 Å². The Morgan fingerprint density at radius 1 is 1.28 bits per heavy atom. The lowest BCUT2D eigenvalue weighted by Gasteiger charge is -2.28. The Bertz CT molecular complexity index is 735. The maximum absolute atomic E-state index is 12.6. The van der Waals surface area contributed by atoms with Crippen LogP contribution in [0.15, 0.2) is 23.1 Å². The highest BCUT2D eigenvalue weighted by molar-refractivity contribution is 8.00. The first-order chi connectivity index (χ1) is 12.0. The van der Waals surface area contributed by atoms with Crippen LogP contribution >= 0.6 is 11.8 Å². The molecule has 0 spiro atoms. The number of hydrogen-bond donors (Lipinski definition) is 0. The van der Waals surface area contributed by atoms with E-state index in [-0.39, 0.29) is 29.2 Å². The molecule has 2 aliphatic heterocycles. The molecule has 0 aliphatic carbocycles. The Kier molecular flexibility index (Phi) is 5.78. The van der Waals surface area contributed by atoms with Gasteiger partial charge in [-0.2, -0.15) is 0 Å². The second-order valence-electron chi connectivity index (χ2n) is 6.24. The van der Waals surface area contributed by atoms with E-state index in [1.54, 1.807) is 4.90 Å². The van der Waals surface area contributed by atoms with Gasteiger partial charge < -0.3 is 14.4 Å². The van der Waals surface area contributed by atoms with Gasteiger partial charge in [-0.1, -0.05) is 6.92 Å². The number of sulfone groups is 1. The summed E-state index contributed by atoms with van der Waals surface area (Å²) in [6.07, 6.45) is 1.36. The van der Waals surface area contributed by atoms with Crippen molar-refractivity contribution in [2.45, 2.75) is 30.7 Å². The first-order valence-corrected chi connectivity index (χ1v) is 11.3. The summed E-state index contributed by atoms with van der Waals surface area (Å²) in [5, 5.41) is 0. The normalized spacial score (nSPS) is 21.1. The lowest BCUT2D eigenvalue weighted by Crippen LogP contribution is -2.42. The summed E-state index contributed by atoms with van der Waals surface area (Å²) < 4.78 is 34.5. The van der Waals surface area contributed by atoms with Crippen LogP contribution in [0.1, 0.15) is 19.8 Å². The molecule has 25 heavy (non-hydrogen) atoms. The molecular weight excluding hydrogens is 362 g/mol. The van der Waals surface area contributed by atoms with E-state index in [4.69, 9.17) is 9.47 Å². The SMILES string of the molecule is CCCN(C(=O)CSc1ccc2c(c1)OCCO2)[C@@H]1CCS(=O)(=O)C1. The molecule has 2 aliphatic rings. The van der Waals surface area contributed by atoms with E-state index in [0.717, 1.165) is 17.1 Å². The molecule has 0 saturated carbocycles. The fraction of sp³-hybridized carbons (Fsp3) is 0.588. The van der Waals surface area contributed by atoms with Crippen LogP contribution < -0.4 is 9.47 Å². The summed E-state index contributed by atoms with van der Waals surface area (Å²) >= 11 is 1.44. The smallest absolute Gasteiger partial charge is 0.233 e. The average Bonchev–Trinajstić information content (AvgIpc) is 2.97. The fourth-order valence-corrected chi connectivity index (χ4v) is 5.66. The summed E-state index contributed by atoms with van der Waals surface area (Å²) in [6, 6.07) is 5.47. The molecule has 8 heteroatoms. The zero-order valence-electron chi connectivity index (χ0n) is 14.3. The quantitative estimate of drug-likeness (QED) is 0.697. The van der Waals surface area contributed by atoms with Crippen LogP contribution in [-0.4, -0.2) is 62.3 Å². The summed E-state index contributed by atoms with van der Waals surface area (Å²) in [7, 11) is -3.00. The Morgan fingerprint density at radius 2 is 2.04 bits per heavy atom. The van der Waals surface area contributed by atoms with E-state index in [9.17, 15) is 13.2 Å². The van der Waals surface area contributed by atoms with E-state index < -0.39 is 9.84 Å². The van der Waals surface area contributed by atoms with Gasteiger partial charge in [-0.15, -0.1) is 11.8 Å². The summed E-state index contributed by atoms with van der Waals surface area (Å²) in [4.78, 5) is 15.3. The van der Waals surface area contributed by atoms with E-state index in [1.165, 1.54) is 11.8 Å². The average molecular weight is 386 g/mol. The van der Waals surface area contributed by atoms with Gasteiger partial charge in [-0.25, -0.2) is 8.42 Å². The molecule has 0 radical (unpaired) electrons. The lowest BCUT2D eigenvalue weighted by molar-refractivity contribution is -0.130. The predicted molar refractivity (Wildman–Crippen MR) is 97.2 cm³/mol. The molecule has 1 saturated heterocycles. The second kappa shape index (κ2) is 7.86. The van der Waals surface area contributed by atoms with Gasteiger partial charge in [0.05, 0.1) is 17.3 Å². The third kappa shape index (κ3) is 4.61. The minimum atomic E-state index is -3.00. The lowest BCUT2D eigenvalue weighted by atomic mass is 10.2. The maximum atomic E-state index is 12.6. The largest absolute Gasteiger partial charge is 0.486 e. The van der Waals surface area contributed by atoms with Gasteiger partial charge >= 0.3 is 0 Å². The number of carbonyl (C=O) groups excluding carboxylic acids is 1. The zero-order chi connectivity index (χ0) is 17.9. The third-order valence-electron chi connectivity index (χ3n) is 4.31. The number of fused-ring (bicyclic) bond motifs is 1. The van der Waals surface area contributed by atoms with E-state index in [2.05, 4.69) is 0 Å². The van der Waals surface area contributed by atoms with Gasteiger partial charge in [0.2, 0.25) is 5.91 Å². The number of carbonyl (C=O) groups is 1. The minimum Gasteiger partial charge on any atom is -0.486 e. The minimum absolute atomic E-state index is 0.0103. The Balaban J connectivity index is 1.61. The standard InChI is InChI=1S/C17H23NO5S2/c1-2-6-18(13-5-9-25(20,21)12-13)17(19)11-24-14-3-4-15-16(10-14)23-8-7-22-15/h3-4,10,13H,2,5-9,11-12H2,1H3/t13-/m1/s1. The first kappa shape index (κ1) is 18.4. The number of thioether (sulfide) groups is 1. The van der Waals surface area contributed by atoms with Crippen LogP contribution in [0.3, 0.4) is 0 Å². The molecule has 2 heterocycles. The van der Waals surface area contributed by atoms with Crippen molar-refractivity contribution >= 4 is 27.5 Å². The molecule has 0 bridgehead atoms. The van der Waals surface area contributed by atoms with Crippen LogP contribution in [0, 0.1) is 0 Å². The second-order valence-corrected chi connectivity index (χ2v) is 9.52. The predicted octanol–water partition coefficient (Wildman–Crippen LogP) is 1.98. The van der Waals surface area contributed by atoms with Gasteiger partial charge in [0, 0.05) is 17.5 Å². The molecule has 1 aromatic carbocycles. The van der Waals surface area contributed by atoms with Crippen molar-refractivity contribution in [1.82, 2.24) is 4.90 Å². The van der Waals surface area contributed by atoms with Gasteiger partial charge in [-0.05, 0) is 31.0 Å². The molecule has 3 rings (SSSR count). The van der Waals surface area contributed by atoms with Crippen LogP contribution in [0.5, 0.6) is 11.5 Å². The molecule has 0 unspecified atom stereocenters. The van der Waals surface area contributed by atoms with Crippen molar-refractivity contribution in [1.29, 1.82) is 0 Å². The Labute approximate surface area is 152 Å². The van der Waals surface area contributed by atoms with Gasteiger partial charge in [0.25, 0.3) is 0 Å². The van der Waals surface area contributed by atoms with Crippen molar-refractivity contribution in [2.75, 3.05) is 37.0 Å². The number of ether oxygens (including phenoxy) is 2. The summed E-state index contributed by atoms with van der Waals surface area (Å²) in [5.41, 5.74) is 0. The number of nitrogens with zero attached hydrogens (tertiary/aromatic N) is 1. The van der Waals surface area contributed by atoms with Gasteiger partial charge in [-0.3, -0.25) is 4.79 Å². The van der Waals surface area contributed by atoms with Crippen molar-refractivity contribution in [3.05, 3.63) is 18.2 Å². The summed E-state index contributed by atoms with van der Waals surface area (Å²) in [6.45, 7) is 3.67. The van der Waals surface area contributed by atoms with E-state index in [0.29, 0.717) is 31.9 Å². The van der Waals surface area contributed by atoms with Gasteiger partial charge in [0.1, 0.15) is 13.2 Å². The Morgan fingerprint density at radius 3 is 2.72 bits per heavy atom.